The van der Waals surface area contributed by atoms with Crippen LogP contribution in [0.2, 0.25) is 0 Å². The van der Waals surface area contributed by atoms with Crippen LogP contribution in [-0.4, -0.2) is 32.8 Å². The summed E-state index contributed by atoms with van der Waals surface area (Å²) in [7, 11) is 2.84. The molecule has 0 fully saturated rings. The van der Waals surface area contributed by atoms with E-state index in [2.05, 4.69) is 0 Å². The number of carbonyl (C=O) groups excluding carboxylic acids is 2. The lowest BCUT2D eigenvalue weighted by Crippen LogP contribution is -2.36. The molecule has 0 saturated carbocycles. The summed E-state index contributed by atoms with van der Waals surface area (Å²) in [6.45, 7) is 0. The molecule has 0 N–H and O–H groups in total. The Hall–Kier alpha value is -1.62. The van der Waals surface area contributed by atoms with E-state index in [4.69, 9.17) is 14.2 Å². The maximum absolute atomic E-state index is 11.6. The first kappa shape index (κ1) is 11.9. The van der Waals surface area contributed by atoms with Crippen LogP contribution in [0.25, 0.3) is 0 Å². The third kappa shape index (κ3) is 1.86. The molecule has 17 heavy (non-hydrogen) atoms. The van der Waals surface area contributed by atoms with Gasteiger partial charge in [-0.3, -0.25) is 4.79 Å². The van der Waals surface area contributed by atoms with Crippen LogP contribution in [0, 0.1) is 11.8 Å². The first-order valence-electron chi connectivity index (χ1n) is 5.34. The van der Waals surface area contributed by atoms with E-state index in [1.54, 1.807) is 0 Å². The van der Waals surface area contributed by atoms with Gasteiger partial charge in [-0.15, -0.1) is 0 Å². The fourth-order valence-electron chi connectivity index (χ4n) is 2.40. The van der Waals surface area contributed by atoms with Crippen LogP contribution in [0.1, 0.15) is 6.42 Å². The van der Waals surface area contributed by atoms with Crippen molar-refractivity contribution in [2.45, 2.75) is 12.7 Å². The van der Waals surface area contributed by atoms with Gasteiger partial charge in [0.15, 0.2) is 0 Å². The third-order valence-corrected chi connectivity index (χ3v) is 3.24. The molecule has 0 saturated heterocycles. The molecule has 5 nitrogen and oxygen atoms in total. The minimum atomic E-state index is -0.521. The summed E-state index contributed by atoms with van der Waals surface area (Å²) >= 11 is 0. The third-order valence-electron chi connectivity index (χ3n) is 3.24. The van der Waals surface area contributed by atoms with Gasteiger partial charge in [0.1, 0.15) is 6.29 Å². The maximum Gasteiger partial charge on any atom is 0.337 e. The van der Waals surface area contributed by atoms with E-state index >= 15 is 0 Å². The van der Waals surface area contributed by atoms with E-state index in [9.17, 15) is 9.59 Å². The highest BCUT2D eigenvalue weighted by atomic mass is 16.7. The molecule has 0 aromatic carbocycles. The van der Waals surface area contributed by atoms with E-state index in [1.165, 1.54) is 20.5 Å². The number of carbonyl (C=O) groups is 2. The van der Waals surface area contributed by atoms with Gasteiger partial charge in [0.25, 0.3) is 0 Å². The SMILES string of the molecule is COC(=O)C1=CO[C@@H](OC)C2C(C=O)=CCC12. The molecule has 2 rings (SSSR count). The van der Waals surface area contributed by atoms with Gasteiger partial charge in [-0.25, -0.2) is 4.79 Å². The van der Waals surface area contributed by atoms with Crippen LogP contribution in [0.4, 0.5) is 0 Å². The number of aldehydes is 1. The molecule has 2 unspecified atom stereocenters. The average molecular weight is 238 g/mol. The minimum Gasteiger partial charge on any atom is -0.471 e. The van der Waals surface area contributed by atoms with Gasteiger partial charge in [-0.2, -0.15) is 0 Å². The average Bonchev–Trinajstić information content (AvgIpc) is 2.80. The number of hydrogen-bond acceptors (Lipinski definition) is 5. The van der Waals surface area contributed by atoms with Crippen molar-refractivity contribution < 1.29 is 23.8 Å². The van der Waals surface area contributed by atoms with E-state index in [-0.39, 0.29) is 11.8 Å². The lowest BCUT2D eigenvalue weighted by molar-refractivity contribution is -0.146. The molecular weight excluding hydrogens is 224 g/mol. The molecule has 0 bridgehead atoms. The zero-order valence-electron chi connectivity index (χ0n) is 9.71. The van der Waals surface area contributed by atoms with Crippen molar-refractivity contribution in [2.75, 3.05) is 14.2 Å². The highest BCUT2D eigenvalue weighted by molar-refractivity contribution is 5.90. The van der Waals surface area contributed by atoms with Crippen LogP contribution < -0.4 is 0 Å². The van der Waals surface area contributed by atoms with Crippen LogP contribution >= 0.6 is 0 Å². The maximum atomic E-state index is 11.6. The van der Waals surface area contributed by atoms with Crippen molar-refractivity contribution in [2.24, 2.45) is 11.8 Å². The topological polar surface area (TPSA) is 61.8 Å². The zero-order chi connectivity index (χ0) is 12.4. The monoisotopic (exact) mass is 238 g/mol. The van der Waals surface area contributed by atoms with E-state index in [0.717, 1.165) is 6.29 Å². The first-order chi connectivity index (χ1) is 8.22. The highest BCUT2D eigenvalue weighted by Crippen LogP contribution is 2.42. The van der Waals surface area contributed by atoms with Crippen molar-refractivity contribution in [1.29, 1.82) is 0 Å². The van der Waals surface area contributed by atoms with Crippen LogP contribution in [0.15, 0.2) is 23.5 Å². The molecule has 1 heterocycles. The number of methoxy groups -OCH3 is 2. The second-order valence-corrected chi connectivity index (χ2v) is 3.99. The Balaban J connectivity index is 2.30. The predicted molar refractivity (Wildman–Crippen MR) is 57.7 cm³/mol. The summed E-state index contributed by atoms with van der Waals surface area (Å²) in [5.41, 5.74) is 1.08. The number of esters is 1. The van der Waals surface area contributed by atoms with E-state index in [1.807, 2.05) is 6.08 Å². The molecule has 0 spiro atoms. The minimum absolute atomic E-state index is 0.0960. The van der Waals surface area contributed by atoms with Gasteiger partial charge < -0.3 is 14.2 Å². The smallest absolute Gasteiger partial charge is 0.337 e. The lowest BCUT2D eigenvalue weighted by Gasteiger charge is -2.32. The molecule has 1 aliphatic carbocycles. The molecule has 0 aromatic rings. The molecule has 5 heteroatoms. The second-order valence-electron chi connectivity index (χ2n) is 3.99. The molecule has 0 radical (unpaired) electrons. The van der Waals surface area contributed by atoms with Gasteiger partial charge in [0.2, 0.25) is 6.29 Å². The lowest BCUT2D eigenvalue weighted by atomic mass is 9.84. The standard InChI is InChI=1S/C12H14O5/c1-15-11(14)9-6-17-12(16-2)10-7(5-13)3-4-8(9)10/h3,5-6,8,10,12H,4H2,1-2H3/t8?,10?,12-/m1/s1. The quantitative estimate of drug-likeness (QED) is 0.537. The normalized spacial score (nSPS) is 30.8. The van der Waals surface area contributed by atoms with E-state index < -0.39 is 12.3 Å². The summed E-state index contributed by atoms with van der Waals surface area (Å²) in [5, 5.41) is 0. The largest absolute Gasteiger partial charge is 0.471 e. The molecule has 0 amide bonds. The zero-order valence-corrected chi connectivity index (χ0v) is 9.71. The molecular formula is C12H14O5. The Labute approximate surface area is 99.0 Å². The van der Waals surface area contributed by atoms with Crippen molar-refractivity contribution in [3.63, 3.8) is 0 Å². The fourth-order valence-corrected chi connectivity index (χ4v) is 2.40. The van der Waals surface area contributed by atoms with Crippen molar-refractivity contribution in [3.8, 4) is 0 Å². The Bertz CT molecular complexity index is 396. The van der Waals surface area contributed by atoms with Gasteiger partial charge in [-0.05, 0) is 12.0 Å². The molecule has 92 valence electrons. The Kier molecular flexibility index (Phi) is 3.28. The Morgan fingerprint density at radius 1 is 1.53 bits per heavy atom. The predicted octanol–water partition coefficient (Wildman–Crippen LogP) is 0.807. The van der Waals surface area contributed by atoms with Gasteiger partial charge in [0, 0.05) is 13.0 Å². The van der Waals surface area contributed by atoms with Gasteiger partial charge >= 0.3 is 5.97 Å². The summed E-state index contributed by atoms with van der Waals surface area (Å²) in [5.74, 6) is -0.743. The van der Waals surface area contributed by atoms with Crippen molar-refractivity contribution >= 4 is 12.3 Å². The Morgan fingerprint density at radius 2 is 2.29 bits per heavy atom. The van der Waals surface area contributed by atoms with Crippen molar-refractivity contribution in [1.82, 2.24) is 0 Å². The van der Waals surface area contributed by atoms with Gasteiger partial charge in [0.05, 0.1) is 24.9 Å². The molecule has 1 aliphatic heterocycles. The second kappa shape index (κ2) is 4.71. The number of ether oxygens (including phenoxy) is 3. The van der Waals surface area contributed by atoms with Crippen LogP contribution in [-0.2, 0) is 23.8 Å². The molecule has 3 atom stereocenters. The number of hydrogen-bond donors (Lipinski definition) is 0. The Morgan fingerprint density at radius 3 is 2.88 bits per heavy atom. The summed E-state index contributed by atoms with van der Waals surface area (Å²) in [6.07, 6.45) is 4.10. The van der Waals surface area contributed by atoms with Crippen LogP contribution in [0.5, 0.6) is 0 Å². The summed E-state index contributed by atoms with van der Waals surface area (Å²) < 4.78 is 15.2. The summed E-state index contributed by atoms with van der Waals surface area (Å²) in [4.78, 5) is 22.5. The number of fused-ring (bicyclic) bond motifs is 1. The number of allylic oxidation sites excluding steroid dienone is 1. The fraction of sp³-hybridized carbons (Fsp3) is 0.500. The first-order valence-corrected chi connectivity index (χ1v) is 5.34. The number of rotatable bonds is 3. The van der Waals surface area contributed by atoms with Crippen molar-refractivity contribution in [3.05, 3.63) is 23.5 Å². The van der Waals surface area contributed by atoms with E-state index in [0.29, 0.717) is 17.6 Å². The summed E-state index contributed by atoms with van der Waals surface area (Å²) in [6, 6.07) is 0. The van der Waals surface area contributed by atoms with Gasteiger partial charge in [-0.1, -0.05) is 6.08 Å². The van der Waals surface area contributed by atoms with Crippen LogP contribution in [0.3, 0.4) is 0 Å². The molecule has 0 aromatic heterocycles. The molecule has 2 aliphatic rings. The highest BCUT2D eigenvalue weighted by Gasteiger charge is 2.44.